The van der Waals surface area contributed by atoms with E-state index in [0.29, 0.717) is 5.56 Å². The number of carbonyl (C=O) groups is 3. The number of carbonyl (C=O) groups excluding carboxylic acids is 3. The van der Waals surface area contributed by atoms with Crippen LogP contribution in [0.1, 0.15) is 38.7 Å². The molecule has 1 fully saturated rings. The molecular weight excluding hydrogens is 368 g/mol. The minimum Gasteiger partial charge on any atom is -0.504 e. The van der Waals surface area contributed by atoms with Gasteiger partial charge in [-0.3, -0.25) is 14.4 Å². The fourth-order valence-electron chi connectivity index (χ4n) is 3.78. The fraction of sp³-hybridized carbons (Fsp3) is 0.550. The number of phenols is 1. The molecule has 0 radical (unpaired) electrons. The van der Waals surface area contributed by atoms with Gasteiger partial charge in [-0.25, -0.2) is 0 Å². The SMILES string of the molecule is CCOC(=O)C1C(=O)CC(C)(O)C(C(=O)OCC)C1c1ccc(O)c(OC)c1. The van der Waals surface area contributed by atoms with Crippen molar-refractivity contribution in [3.63, 3.8) is 0 Å². The lowest BCUT2D eigenvalue weighted by atomic mass is 9.61. The molecule has 4 atom stereocenters. The molecule has 8 nitrogen and oxygen atoms in total. The molecule has 0 amide bonds. The lowest BCUT2D eigenvalue weighted by molar-refractivity contribution is -0.172. The highest BCUT2D eigenvalue weighted by Crippen LogP contribution is 2.47. The summed E-state index contributed by atoms with van der Waals surface area (Å²) in [6.07, 6.45) is -0.383. The number of methoxy groups -OCH3 is 1. The normalized spacial score (nSPS) is 27.2. The Kier molecular flexibility index (Phi) is 6.66. The Balaban J connectivity index is 2.66. The number of ether oxygens (including phenoxy) is 3. The predicted molar refractivity (Wildman–Crippen MR) is 97.9 cm³/mol. The Labute approximate surface area is 163 Å². The van der Waals surface area contributed by atoms with Gasteiger partial charge in [-0.1, -0.05) is 6.07 Å². The van der Waals surface area contributed by atoms with Gasteiger partial charge < -0.3 is 24.4 Å². The van der Waals surface area contributed by atoms with Crippen molar-refractivity contribution in [2.45, 2.75) is 38.7 Å². The zero-order valence-corrected chi connectivity index (χ0v) is 16.4. The lowest BCUT2D eigenvalue weighted by Gasteiger charge is -2.43. The first-order valence-electron chi connectivity index (χ1n) is 9.13. The van der Waals surface area contributed by atoms with E-state index in [1.165, 1.54) is 32.2 Å². The quantitative estimate of drug-likeness (QED) is 0.551. The Bertz CT molecular complexity index is 755. The van der Waals surface area contributed by atoms with E-state index in [1.807, 2.05) is 0 Å². The summed E-state index contributed by atoms with van der Waals surface area (Å²) in [6.45, 7) is 4.76. The van der Waals surface area contributed by atoms with E-state index in [-0.39, 0.29) is 31.1 Å². The van der Waals surface area contributed by atoms with Crippen LogP contribution in [0.4, 0.5) is 0 Å². The van der Waals surface area contributed by atoms with Crippen molar-refractivity contribution in [2.24, 2.45) is 11.8 Å². The molecule has 0 heterocycles. The van der Waals surface area contributed by atoms with Crippen LogP contribution in [-0.2, 0) is 23.9 Å². The minimum atomic E-state index is -1.72. The summed E-state index contributed by atoms with van der Waals surface area (Å²) in [4.78, 5) is 38.1. The standard InChI is InChI=1S/C20H26O8/c1-5-27-18(23)16-13(22)10-20(3,25)17(19(24)28-6-2)15(16)11-7-8-12(21)14(9-11)26-4/h7-9,15-17,21,25H,5-6,10H2,1-4H3. The molecule has 1 aromatic rings. The second-order valence-electron chi connectivity index (χ2n) is 6.92. The molecule has 154 valence electrons. The van der Waals surface area contributed by atoms with Crippen LogP contribution in [-0.4, -0.2) is 53.9 Å². The van der Waals surface area contributed by atoms with Gasteiger partial charge in [-0.2, -0.15) is 0 Å². The van der Waals surface area contributed by atoms with Crippen LogP contribution >= 0.6 is 0 Å². The van der Waals surface area contributed by atoms with Crippen molar-refractivity contribution in [1.29, 1.82) is 0 Å². The summed E-state index contributed by atoms with van der Waals surface area (Å²) < 4.78 is 15.3. The lowest BCUT2D eigenvalue weighted by Crippen LogP contribution is -2.55. The first-order chi connectivity index (χ1) is 13.2. The highest BCUT2D eigenvalue weighted by atomic mass is 16.5. The van der Waals surface area contributed by atoms with Crippen LogP contribution in [0.2, 0.25) is 0 Å². The van der Waals surface area contributed by atoms with E-state index >= 15 is 0 Å². The third-order valence-corrected chi connectivity index (χ3v) is 4.94. The molecule has 0 spiro atoms. The van der Waals surface area contributed by atoms with Gasteiger partial charge in [-0.05, 0) is 38.5 Å². The molecule has 0 aliphatic heterocycles. The number of phenolic OH excluding ortho intramolecular Hbond substituents is 1. The van der Waals surface area contributed by atoms with Crippen molar-refractivity contribution < 1.29 is 38.8 Å². The Hall–Kier alpha value is -2.61. The maximum atomic E-state index is 12.8. The van der Waals surface area contributed by atoms with Crippen LogP contribution in [0, 0.1) is 11.8 Å². The van der Waals surface area contributed by atoms with Crippen molar-refractivity contribution >= 4 is 17.7 Å². The Morgan fingerprint density at radius 1 is 1.18 bits per heavy atom. The molecule has 2 rings (SSSR count). The summed E-state index contributed by atoms with van der Waals surface area (Å²) in [5.74, 6) is -5.55. The van der Waals surface area contributed by atoms with Gasteiger partial charge in [0.2, 0.25) is 0 Å². The second-order valence-corrected chi connectivity index (χ2v) is 6.92. The van der Waals surface area contributed by atoms with Crippen LogP contribution in [0.25, 0.3) is 0 Å². The van der Waals surface area contributed by atoms with Crippen LogP contribution in [0.15, 0.2) is 18.2 Å². The molecule has 0 bridgehead atoms. The molecule has 1 saturated carbocycles. The number of hydrogen-bond acceptors (Lipinski definition) is 8. The van der Waals surface area contributed by atoms with Crippen molar-refractivity contribution in [3.05, 3.63) is 23.8 Å². The maximum Gasteiger partial charge on any atom is 0.317 e. The number of ketones is 1. The largest absolute Gasteiger partial charge is 0.504 e. The van der Waals surface area contributed by atoms with Crippen molar-refractivity contribution in [3.8, 4) is 11.5 Å². The van der Waals surface area contributed by atoms with Crippen LogP contribution in [0.3, 0.4) is 0 Å². The van der Waals surface area contributed by atoms with E-state index in [4.69, 9.17) is 14.2 Å². The molecule has 1 aliphatic rings. The van der Waals surface area contributed by atoms with E-state index in [1.54, 1.807) is 13.8 Å². The van der Waals surface area contributed by atoms with Crippen LogP contribution < -0.4 is 4.74 Å². The summed E-state index contributed by atoms with van der Waals surface area (Å²) in [5.41, 5.74) is -1.35. The Morgan fingerprint density at radius 3 is 2.36 bits per heavy atom. The number of esters is 2. The summed E-state index contributed by atoms with van der Waals surface area (Å²) >= 11 is 0. The van der Waals surface area contributed by atoms with Gasteiger partial charge in [0.15, 0.2) is 17.3 Å². The molecule has 1 aromatic carbocycles. The maximum absolute atomic E-state index is 12.8. The molecule has 1 aliphatic carbocycles. The Morgan fingerprint density at radius 2 is 1.79 bits per heavy atom. The first kappa shape index (κ1) is 21.7. The minimum absolute atomic E-state index is 0.0642. The molecule has 8 heteroatoms. The predicted octanol–water partition coefficient (Wildman–Crippen LogP) is 1.57. The molecular formula is C20H26O8. The summed E-state index contributed by atoms with van der Waals surface area (Å²) in [5, 5.41) is 20.8. The summed E-state index contributed by atoms with van der Waals surface area (Å²) in [7, 11) is 1.35. The van der Waals surface area contributed by atoms with Gasteiger partial charge >= 0.3 is 11.9 Å². The second kappa shape index (κ2) is 8.60. The average molecular weight is 394 g/mol. The number of benzene rings is 1. The number of hydrogen-bond donors (Lipinski definition) is 2. The molecule has 0 saturated heterocycles. The fourth-order valence-corrected chi connectivity index (χ4v) is 3.78. The first-order valence-corrected chi connectivity index (χ1v) is 9.13. The number of rotatable bonds is 6. The zero-order valence-electron chi connectivity index (χ0n) is 16.4. The number of aliphatic hydroxyl groups is 1. The summed E-state index contributed by atoms with van der Waals surface area (Å²) in [6, 6.07) is 4.26. The topological polar surface area (TPSA) is 119 Å². The highest BCUT2D eigenvalue weighted by Gasteiger charge is 2.57. The monoisotopic (exact) mass is 394 g/mol. The van der Waals surface area contributed by atoms with E-state index in [9.17, 15) is 24.6 Å². The molecule has 28 heavy (non-hydrogen) atoms. The third-order valence-electron chi connectivity index (χ3n) is 4.94. The smallest absolute Gasteiger partial charge is 0.317 e. The van der Waals surface area contributed by atoms with Gasteiger partial charge in [0.25, 0.3) is 0 Å². The molecule has 2 N–H and O–H groups in total. The van der Waals surface area contributed by atoms with Gasteiger partial charge in [0.05, 0.1) is 31.8 Å². The third kappa shape index (κ3) is 4.11. The van der Waals surface area contributed by atoms with Gasteiger partial charge in [-0.15, -0.1) is 0 Å². The van der Waals surface area contributed by atoms with Crippen LogP contribution in [0.5, 0.6) is 11.5 Å². The molecule has 0 aromatic heterocycles. The van der Waals surface area contributed by atoms with Gasteiger partial charge in [0.1, 0.15) is 5.92 Å². The van der Waals surface area contributed by atoms with E-state index in [0.717, 1.165) is 0 Å². The van der Waals surface area contributed by atoms with Gasteiger partial charge in [0, 0.05) is 12.3 Å². The van der Waals surface area contributed by atoms with Crippen molar-refractivity contribution in [2.75, 3.05) is 20.3 Å². The van der Waals surface area contributed by atoms with E-state index < -0.39 is 41.1 Å². The average Bonchev–Trinajstić information content (AvgIpc) is 2.61. The van der Waals surface area contributed by atoms with E-state index in [2.05, 4.69) is 0 Å². The zero-order chi connectivity index (χ0) is 21.1. The molecule has 4 unspecified atom stereocenters. The number of aromatic hydroxyl groups is 1. The van der Waals surface area contributed by atoms with Crippen molar-refractivity contribution in [1.82, 2.24) is 0 Å². The highest BCUT2D eigenvalue weighted by molar-refractivity contribution is 6.02. The number of Topliss-reactive ketones (excluding diaryl/α,β-unsaturated/α-hetero) is 1.